The topological polar surface area (TPSA) is 24.3 Å². The van der Waals surface area contributed by atoms with Gasteiger partial charge in [-0.1, -0.05) is 0 Å². The summed E-state index contributed by atoms with van der Waals surface area (Å²) in [5, 5.41) is 4.54. The van der Waals surface area contributed by atoms with E-state index in [1.54, 1.807) is 12.1 Å². The zero-order valence-corrected chi connectivity index (χ0v) is 11.9. The third-order valence-corrected chi connectivity index (χ3v) is 3.71. The molecule has 0 amide bonds. The molecule has 1 aliphatic rings. The molecule has 0 aliphatic carbocycles. The fourth-order valence-corrected chi connectivity index (χ4v) is 2.52. The SMILES string of the molecule is Cc1cc(N2CCN(C)CC2)n(-c2ccc(F)cc2)n1. The normalized spacial score (nSPS) is 16.6. The van der Waals surface area contributed by atoms with Crippen LogP contribution in [0.1, 0.15) is 5.69 Å². The second kappa shape index (κ2) is 5.25. The number of aromatic nitrogens is 2. The number of anilines is 1. The average molecular weight is 274 g/mol. The van der Waals surface area contributed by atoms with Crippen LogP contribution in [-0.2, 0) is 0 Å². The first-order valence-electron chi connectivity index (χ1n) is 6.89. The minimum absolute atomic E-state index is 0.223. The molecule has 106 valence electrons. The highest BCUT2D eigenvalue weighted by Crippen LogP contribution is 2.22. The number of nitrogens with zero attached hydrogens (tertiary/aromatic N) is 4. The average Bonchev–Trinajstić information content (AvgIpc) is 2.82. The summed E-state index contributed by atoms with van der Waals surface area (Å²) in [4.78, 5) is 4.66. The highest BCUT2D eigenvalue weighted by Gasteiger charge is 2.19. The lowest BCUT2D eigenvalue weighted by molar-refractivity contribution is 0.311. The van der Waals surface area contributed by atoms with Gasteiger partial charge in [0.05, 0.1) is 11.4 Å². The first kappa shape index (κ1) is 13.1. The second-order valence-electron chi connectivity index (χ2n) is 5.32. The largest absolute Gasteiger partial charge is 0.354 e. The van der Waals surface area contributed by atoms with E-state index in [0.717, 1.165) is 43.4 Å². The van der Waals surface area contributed by atoms with Crippen LogP contribution in [0.3, 0.4) is 0 Å². The van der Waals surface area contributed by atoms with E-state index in [1.807, 2.05) is 11.6 Å². The molecule has 0 atom stereocenters. The Labute approximate surface area is 118 Å². The maximum Gasteiger partial charge on any atom is 0.132 e. The first-order valence-corrected chi connectivity index (χ1v) is 6.89. The van der Waals surface area contributed by atoms with Crippen LogP contribution in [0.4, 0.5) is 10.2 Å². The smallest absolute Gasteiger partial charge is 0.132 e. The van der Waals surface area contributed by atoms with Crippen molar-refractivity contribution in [1.82, 2.24) is 14.7 Å². The van der Waals surface area contributed by atoms with Gasteiger partial charge in [-0.25, -0.2) is 9.07 Å². The fourth-order valence-electron chi connectivity index (χ4n) is 2.52. The molecule has 3 rings (SSSR count). The van der Waals surface area contributed by atoms with E-state index in [0.29, 0.717) is 0 Å². The number of hydrogen-bond acceptors (Lipinski definition) is 3. The summed E-state index contributed by atoms with van der Waals surface area (Å²) in [5.41, 5.74) is 1.87. The molecule has 1 saturated heterocycles. The van der Waals surface area contributed by atoms with Crippen molar-refractivity contribution in [3.8, 4) is 5.69 Å². The Morgan fingerprint density at radius 2 is 1.70 bits per heavy atom. The summed E-state index contributed by atoms with van der Waals surface area (Å²) < 4.78 is 15.0. The number of aryl methyl sites for hydroxylation is 1. The van der Waals surface area contributed by atoms with E-state index in [9.17, 15) is 4.39 Å². The minimum atomic E-state index is -0.223. The third kappa shape index (κ3) is 2.54. The van der Waals surface area contributed by atoms with Crippen molar-refractivity contribution < 1.29 is 4.39 Å². The standard InChI is InChI=1S/C15H19FN4/c1-12-11-15(19-9-7-18(2)8-10-19)20(17-12)14-5-3-13(16)4-6-14/h3-6,11H,7-10H2,1-2H3. The summed E-state index contributed by atoms with van der Waals surface area (Å²) in [7, 11) is 2.14. The van der Waals surface area contributed by atoms with Crippen LogP contribution in [0.15, 0.2) is 30.3 Å². The first-order chi connectivity index (χ1) is 9.63. The van der Waals surface area contributed by atoms with Gasteiger partial charge in [0.1, 0.15) is 11.6 Å². The van der Waals surface area contributed by atoms with Gasteiger partial charge in [-0.15, -0.1) is 0 Å². The second-order valence-corrected chi connectivity index (χ2v) is 5.32. The van der Waals surface area contributed by atoms with Crippen molar-refractivity contribution >= 4 is 5.82 Å². The molecule has 0 radical (unpaired) electrons. The van der Waals surface area contributed by atoms with Crippen molar-refractivity contribution in [2.75, 3.05) is 38.1 Å². The number of halogens is 1. The van der Waals surface area contributed by atoms with Crippen molar-refractivity contribution in [3.63, 3.8) is 0 Å². The van der Waals surface area contributed by atoms with E-state index >= 15 is 0 Å². The maximum absolute atomic E-state index is 13.1. The molecule has 4 nitrogen and oxygen atoms in total. The molecule has 1 aromatic heterocycles. The van der Waals surface area contributed by atoms with Crippen LogP contribution in [0.25, 0.3) is 5.69 Å². The molecule has 0 N–H and O–H groups in total. The van der Waals surface area contributed by atoms with Crippen molar-refractivity contribution in [2.45, 2.75) is 6.92 Å². The van der Waals surface area contributed by atoms with Crippen molar-refractivity contribution in [1.29, 1.82) is 0 Å². The fraction of sp³-hybridized carbons (Fsp3) is 0.400. The van der Waals surface area contributed by atoms with Crippen LogP contribution < -0.4 is 4.90 Å². The van der Waals surface area contributed by atoms with Gasteiger partial charge in [0.25, 0.3) is 0 Å². The maximum atomic E-state index is 13.1. The van der Waals surface area contributed by atoms with E-state index in [-0.39, 0.29) is 5.82 Å². The van der Waals surface area contributed by atoms with Gasteiger partial charge >= 0.3 is 0 Å². The molecule has 2 aromatic rings. The quantitative estimate of drug-likeness (QED) is 0.838. The van der Waals surface area contributed by atoms with Gasteiger partial charge < -0.3 is 9.80 Å². The molecule has 1 aromatic carbocycles. The van der Waals surface area contributed by atoms with Gasteiger partial charge in [0, 0.05) is 32.2 Å². The van der Waals surface area contributed by atoms with Crippen molar-refractivity contribution in [2.24, 2.45) is 0 Å². The van der Waals surface area contributed by atoms with Crippen molar-refractivity contribution in [3.05, 3.63) is 41.8 Å². The van der Waals surface area contributed by atoms with Crippen LogP contribution in [-0.4, -0.2) is 47.9 Å². The molecule has 2 heterocycles. The number of likely N-dealkylation sites (N-methyl/N-ethyl adjacent to an activating group) is 1. The predicted octanol–water partition coefficient (Wildman–Crippen LogP) is 2.07. The summed E-state index contributed by atoms with van der Waals surface area (Å²) in [6.07, 6.45) is 0. The Morgan fingerprint density at radius 3 is 2.35 bits per heavy atom. The molecular formula is C15H19FN4. The third-order valence-electron chi connectivity index (χ3n) is 3.71. The zero-order valence-electron chi connectivity index (χ0n) is 11.9. The zero-order chi connectivity index (χ0) is 14.1. The number of hydrogen-bond donors (Lipinski definition) is 0. The van der Waals surface area contributed by atoms with Crippen LogP contribution in [0, 0.1) is 12.7 Å². The summed E-state index contributed by atoms with van der Waals surface area (Å²) in [5.74, 6) is 0.862. The summed E-state index contributed by atoms with van der Waals surface area (Å²) >= 11 is 0. The molecular weight excluding hydrogens is 255 g/mol. The highest BCUT2D eigenvalue weighted by molar-refractivity contribution is 5.48. The summed E-state index contributed by atoms with van der Waals surface area (Å²) in [6.45, 7) is 6.06. The predicted molar refractivity (Wildman–Crippen MR) is 78.0 cm³/mol. The van der Waals surface area contributed by atoms with E-state index in [2.05, 4.69) is 28.0 Å². The molecule has 20 heavy (non-hydrogen) atoms. The summed E-state index contributed by atoms with van der Waals surface area (Å²) in [6, 6.07) is 8.57. The Morgan fingerprint density at radius 1 is 1.05 bits per heavy atom. The molecule has 0 bridgehead atoms. The molecule has 1 fully saturated rings. The molecule has 5 heteroatoms. The van der Waals surface area contributed by atoms with Gasteiger partial charge in [0.2, 0.25) is 0 Å². The van der Waals surface area contributed by atoms with E-state index in [1.165, 1.54) is 12.1 Å². The lowest BCUT2D eigenvalue weighted by Crippen LogP contribution is -2.45. The lowest BCUT2D eigenvalue weighted by Gasteiger charge is -2.33. The highest BCUT2D eigenvalue weighted by atomic mass is 19.1. The van der Waals surface area contributed by atoms with Crippen LogP contribution in [0.5, 0.6) is 0 Å². The van der Waals surface area contributed by atoms with Gasteiger partial charge in [-0.3, -0.25) is 0 Å². The number of piperazine rings is 1. The Balaban J connectivity index is 1.93. The Bertz CT molecular complexity index is 582. The molecule has 0 spiro atoms. The lowest BCUT2D eigenvalue weighted by atomic mass is 10.3. The number of benzene rings is 1. The van der Waals surface area contributed by atoms with Gasteiger partial charge in [-0.05, 0) is 38.2 Å². The van der Waals surface area contributed by atoms with Crippen LogP contribution in [0.2, 0.25) is 0 Å². The van der Waals surface area contributed by atoms with Gasteiger partial charge in [0.15, 0.2) is 0 Å². The molecule has 0 saturated carbocycles. The Hall–Kier alpha value is -1.88. The van der Waals surface area contributed by atoms with Gasteiger partial charge in [-0.2, -0.15) is 5.10 Å². The van der Waals surface area contributed by atoms with E-state index < -0.39 is 0 Å². The molecule has 0 unspecified atom stereocenters. The Kier molecular flexibility index (Phi) is 3.44. The minimum Gasteiger partial charge on any atom is -0.354 e. The molecule has 1 aliphatic heterocycles. The van der Waals surface area contributed by atoms with Crippen LogP contribution >= 0.6 is 0 Å². The van der Waals surface area contributed by atoms with E-state index in [4.69, 9.17) is 0 Å². The number of rotatable bonds is 2. The monoisotopic (exact) mass is 274 g/mol.